The van der Waals surface area contributed by atoms with E-state index >= 15 is 0 Å². The number of hydrogen-bond donors (Lipinski definition) is 3. The Labute approximate surface area is 183 Å². The summed E-state index contributed by atoms with van der Waals surface area (Å²) in [5.41, 5.74) is 0.735. The van der Waals surface area contributed by atoms with Crippen molar-refractivity contribution in [1.82, 2.24) is 29.7 Å². The van der Waals surface area contributed by atoms with Crippen molar-refractivity contribution in [3.63, 3.8) is 0 Å². The molecule has 0 atom stereocenters. The molecule has 1 aliphatic rings. The standard InChI is InChI=1S/C21H25ClN6O3/c1-27-19-18(20(30)26-21(27)31)24-16(25-19)6-7-17(29)23-15-8-10-28(11-9-15)12-13-2-4-14(22)5-3-13/h2-5,15H,6-12H2,1H3,(H,23,29)(H,24,25)(H,26,30,31). The predicted molar refractivity (Wildman–Crippen MR) is 118 cm³/mol. The van der Waals surface area contributed by atoms with Gasteiger partial charge in [-0.25, -0.2) is 9.78 Å². The number of hydrogen-bond acceptors (Lipinski definition) is 5. The number of fused-ring (bicyclic) bond motifs is 1. The number of aryl methyl sites for hydroxylation is 2. The lowest BCUT2D eigenvalue weighted by atomic mass is 10.0. The van der Waals surface area contributed by atoms with Crippen molar-refractivity contribution >= 4 is 28.7 Å². The Balaban J connectivity index is 1.25. The number of halogens is 1. The number of carbonyl (C=O) groups excluding carboxylic acids is 1. The molecule has 0 bridgehead atoms. The molecule has 1 saturated heterocycles. The number of likely N-dealkylation sites (tertiary alicyclic amines) is 1. The third kappa shape index (κ3) is 5.05. The van der Waals surface area contributed by atoms with Gasteiger partial charge in [0.15, 0.2) is 5.65 Å². The molecule has 0 unspecified atom stereocenters. The largest absolute Gasteiger partial charge is 0.353 e. The number of rotatable bonds is 6. The third-order valence-electron chi connectivity index (χ3n) is 5.66. The molecule has 3 aromatic rings. The zero-order valence-corrected chi connectivity index (χ0v) is 18.0. The minimum atomic E-state index is -0.518. The monoisotopic (exact) mass is 444 g/mol. The Kier molecular flexibility index (Phi) is 6.24. The van der Waals surface area contributed by atoms with Crippen LogP contribution in [0.3, 0.4) is 0 Å². The molecule has 164 valence electrons. The molecule has 4 rings (SSSR count). The number of imidazole rings is 1. The van der Waals surface area contributed by atoms with Crippen molar-refractivity contribution in [3.8, 4) is 0 Å². The van der Waals surface area contributed by atoms with Crippen molar-refractivity contribution in [2.75, 3.05) is 13.1 Å². The first-order valence-corrected chi connectivity index (χ1v) is 10.7. The SMILES string of the molecule is Cn1c(=O)[nH]c(=O)c2[nH]c(CCC(=O)NC3CCN(Cc4ccc(Cl)cc4)CC3)nc21. The molecule has 9 nitrogen and oxygen atoms in total. The molecule has 1 fully saturated rings. The van der Waals surface area contributed by atoms with Gasteiger partial charge in [0.2, 0.25) is 5.91 Å². The second kappa shape index (κ2) is 9.07. The van der Waals surface area contributed by atoms with Crippen molar-refractivity contribution in [3.05, 3.63) is 61.5 Å². The Hall–Kier alpha value is -2.91. The Morgan fingerprint density at radius 1 is 1.19 bits per heavy atom. The van der Waals surface area contributed by atoms with Crippen molar-refractivity contribution in [2.45, 2.75) is 38.3 Å². The number of nitrogens with one attached hydrogen (secondary N) is 3. The highest BCUT2D eigenvalue weighted by atomic mass is 35.5. The third-order valence-corrected chi connectivity index (χ3v) is 5.92. The fourth-order valence-corrected chi connectivity index (χ4v) is 4.01. The second-order valence-electron chi connectivity index (χ2n) is 7.94. The summed E-state index contributed by atoms with van der Waals surface area (Å²) in [5, 5.41) is 3.84. The van der Waals surface area contributed by atoms with E-state index in [1.165, 1.54) is 17.2 Å². The molecule has 3 heterocycles. The molecule has 3 N–H and O–H groups in total. The van der Waals surface area contributed by atoms with E-state index in [0.717, 1.165) is 37.5 Å². The number of H-pyrrole nitrogens is 2. The van der Waals surface area contributed by atoms with Crippen LogP contribution in [0.4, 0.5) is 0 Å². The van der Waals surface area contributed by atoms with Gasteiger partial charge in [0.25, 0.3) is 5.56 Å². The zero-order valence-electron chi connectivity index (χ0n) is 17.3. The zero-order chi connectivity index (χ0) is 22.0. The van der Waals surface area contributed by atoms with Gasteiger partial charge in [0.1, 0.15) is 11.3 Å². The smallest absolute Gasteiger partial charge is 0.329 e. The maximum Gasteiger partial charge on any atom is 0.329 e. The normalized spacial score (nSPS) is 15.4. The van der Waals surface area contributed by atoms with Gasteiger partial charge in [-0.15, -0.1) is 0 Å². The van der Waals surface area contributed by atoms with E-state index in [0.29, 0.717) is 12.2 Å². The fraction of sp³-hybridized carbons (Fsp3) is 0.429. The Morgan fingerprint density at radius 3 is 2.61 bits per heavy atom. The quantitative estimate of drug-likeness (QED) is 0.530. The van der Waals surface area contributed by atoms with Crippen molar-refractivity contribution in [1.29, 1.82) is 0 Å². The molecule has 1 aliphatic heterocycles. The highest BCUT2D eigenvalue weighted by Gasteiger charge is 2.21. The first-order valence-electron chi connectivity index (χ1n) is 10.3. The van der Waals surface area contributed by atoms with Crippen LogP contribution in [-0.2, 0) is 24.8 Å². The summed E-state index contributed by atoms with van der Waals surface area (Å²) < 4.78 is 1.27. The predicted octanol–water partition coefficient (Wildman–Crippen LogP) is 1.32. The minimum absolute atomic E-state index is 0.0422. The second-order valence-corrected chi connectivity index (χ2v) is 8.38. The Bertz CT molecular complexity index is 1190. The maximum absolute atomic E-state index is 12.4. The summed E-state index contributed by atoms with van der Waals surface area (Å²) in [5.74, 6) is 0.467. The van der Waals surface area contributed by atoms with Gasteiger partial charge in [0, 0.05) is 50.6 Å². The molecule has 1 aromatic carbocycles. The maximum atomic E-state index is 12.4. The number of benzene rings is 1. The van der Waals surface area contributed by atoms with E-state index in [1.54, 1.807) is 0 Å². The Morgan fingerprint density at radius 2 is 1.90 bits per heavy atom. The number of amides is 1. The van der Waals surface area contributed by atoms with Gasteiger partial charge in [-0.1, -0.05) is 23.7 Å². The van der Waals surface area contributed by atoms with E-state index in [9.17, 15) is 14.4 Å². The van der Waals surface area contributed by atoms with Crippen molar-refractivity contribution in [2.24, 2.45) is 7.05 Å². The van der Waals surface area contributed by atoms with E-state index < -0.39 is 11.2 Å². The summed E-state index contributed by atoms with van der Waals surface area (Å²) >= 11 is 5.94. The fourth-order valence-electron chi connectivity index (χ4n) is 3.89. The molecule has 0 aliphatic carbocycles. The molecule has 1 amide bonds. The molecule has 0 saturated carbocycles. The van der Waals surface area contributed by atoms with Gasteiger partial charge >= 0.3 is 5.69 Å². The summed E-state index contributed by atoms with van der Waals surface area (Å²) in [6.45, 7) is 2.73. The van der Waals surface area contributed by atoms with Crippen LogP contribution in [0.15, 0.2) is 33.9 Å². The van der Waals surface area contributed by atoms with Crippen LogP contribution in [0.1, 0.15) is 30.7 Å². The van der Waals surface area contributed by atoms with Gasteiger partial charge in [-0.2, -0.15) is 0 Å². The van der Waals surface area contributed by atoms with Gasteiger partial charge in [-0.3, -0.25) is 24.0 Å². The van der Waals surface area contributed by atoms with Crippen LogP contribution in [0, 0.1) is 0 Å². The molecule has 0 spiro atoms. The van der Waals surface area contributed by atoms with Crippen molar-refractivity contribution < 1.29 is 4.79 Å². The molecule has 31 heavy (non-hydrogen) atoms. The topological polar surface area (TPSA) is 116 Å². The van der Waals surface area contributed by atoms with E-state index in [4.69, 9.17) is 11.6 Å². The minimum Gasteiger partial charge on any atom is -0.353 e. The highest BCUT2D eigenvalue weighted by molar-refractivity contribution is 6.30. The van der Waals surface area contributed by atoms with Gasteiger partial charge in [-0.05, 0) is 30.5 Å². The number of carbonyl (C=O) groups is 1. The lowest BCUT2D eigenvalue weighted by Crippen LogP contribution is -2.44. The van der Waals surface area contributed by atoms with Gasteiger partial charge in [0.05, 0.1) is 0 Å². The first kappa shape index (κ1) is 21.3. The summed E-state index contributed by atoms with van der Waals surface area (Å²) in [6.07, 6.45) is 2.43. The van der Waals surface area contributed by atoms with Gasteiger partial charge < -0.3 is 10.3 Å². The number of aromatic amines is 2. The molecular formula is C21H25ClN6O3. The van der Waals surface area contributed by atoms with Crippen LogP contribution in [0.2, 0.25) is 5.02 Å². The van der Waals surface area contributed by atoms with E-state index in [2.05, 4.69) is 25.2 Å². The number of piperidine rings is 1. The molecule has 2 aromatic heterocycles. The number of aromatic nitrogens is 4. The molecule has 0 radical (unpaired) electrons. The lowest BCUT2D eigenvalue weighted by molar-refractivity contribution is -0.122. The lowest BCUT2D eigenvalue weighted by Gasteiger charge is -2.32. The van der Waals surface area contributed by atoms with Crippen LogP contribution in [-0.4, -0.2) is 49.5 Å². The average Bonchev–Trinajstić information content (AvgIpc) is 3.19. The summed E-state index contributed by atoms with van der Waals surface area (Å²) in [6, 6.07) is 8.05. The summed E-state index contributed by atoms with van der Waals surface area (Å²) in [7, 11) is 1.54. The van der Waals surface area contributed by atoms with Crippen LogP contribution in [0.5, 0.6) is 0 Å². The van der Waals surface area contributed by atoms with Crippen LogP contribution in [0.25, 0.3) is 11.2 Å². The number of nitrogens with zero attached hydrogens (tertiary/aromatic N) is 3. The van der Waals surface area contributed by atoms with E-state index in [-0.39, 0.29) is 29.5 Å². The van der Waals surface area contributed by atoms with E-state index in [1.807, 2.05) is 24.3 Å². The average molecular weight is 445 g/mol. The van der Waals surface area contributed by atoms with Crippen LogP contribution < -0.4 is 16.6 Å². The molecule has 10 heteroatoms. The molecular weight excluding hydrogens is 420 g/mol. The summed E-state index contributed by atoms with van der Waals surface area (Å²) in [4.78, 5) is 47.8. The van der Waals surface area contributed by atoms with Crippen LogP contribution >= 0.6 is 11.6 Å². The highest BCUT2D eigenvalue weighted by Crippen LogP contribution is 2.16. The first-order chi connectivity index (χ1) is 14.9.